The third kappa shape index (κ3) is 5.52. The molecule has 1 amide bonds. The van der Waals surface area contributed by atoms with Crippen molar-refractivity contribution in [1.82, 2.24) is 4.98 Å². The number of pyridine rings is 1. The highest BCUT2D eigenvalue weighted by atomic mass is 31.2. The largest absolute Gasteiger partial charge is 0.469 e. The van der Waals surface area contributed by atoms with Gasteiger partial charge in [-0.2, -0.15) is 4.57 Å². The molecule has 2 aromatic heterocycles. The summed E-state index contributed by atoms with van der Waals surface area (Å²) in [6.45, 7) is -0.622. The van der Waals surface area contributed by atoms with Gasteiger partial charge in [-0.05, 0) is 30.3 Å². The van der Waals surface area contributed by atoms with E-state index >= 15 is 0 Å². The molecular formula is C20H21N3O9P+. The molecule has 174 valence electrons. The first-order valence-corrected chi connectivity index (χ1v) is 11.3. The molecule has 1 aromatic carbocycles. The van der Waals surface area contributed by atoms with Crippen molar-refractivity contribution in [3.63, 3.8) is 0 Å². The van der Waals surface area contributed by atoms with Crippen molar-refractivity contribution in [2.45, 2.75) is 24.5 Å². The summed E-state index contributed by atoms with van der Waals surface area (Å²) in [7, 11) is -4.77. The van der Waals surface area contributed by atoms with Crippen LogP contribution in [0.15, 0.2) is 65.7 Å². The maximum absolute atomic E-state index is 12.7. The van der Waals surface area contributed by atoms with Crippen LogP contribution in [0, 0.1) is 0 Å². The number of carbonyl (C=O) groups is 1. The van der Waals surface area contributed by atoms with E-state index in [1.54, 1.807) is 36.4 Å². The number of phosphoric acid groups is 1. The van der Waals surface area contributed by atoms with Crippen molar-refractivity contribution < 1.29 is 47.6 Å². The number of rotatable bonds is 7. The fourth-order valence-electron chi connectivity index (χ4n) is 3.33. The number of nitrogens with one attached hydrogen (secondary N) is 1. The first kappa shape index (κ1) is 23.2. The SMILES string of the molecule is O=C(Nc1ccc(-c2ncco2)cc1)c1ccc[n+]([C@@H]2O[C@H](COP(=O)(O)O)[C@@H](O)[C@H]2O)c1. The summed E-state index contributed by atoms with van der Waals surface area (Å²) in [4.78, 5) is 34.4. The van der Waals surface area contributed by atoms with Gasteiger partial charge in [0.05, 0.1) is 12.8 Å². The van der Waals surface area contributed by atoms with Crippen LogP contribution in [0.1, 0.15) is 16.6 Å². The molecule has 0 radical (unpaired) electrons. The number of anilines is 1. The Balaban J connectivity index is 1.44. The number of nitrogens with zero attached hydrogens (tertiary/aromatic N) is 2. The molecule has 1 aliphatic heterocycles. The molecule has 33 heavy (non-hydrogen) atoms. The fourth-order valence-corrected chi connectivity index (χ4v) is 3.68. The predicted molar refractivity (Wildman–Crippen MR) is 110 cm³/mol. The smallest absolute Gasteiger partial charge is 0.445 e. The second-order valence-corrected chi connectivity index (χ2v) is 8.48. The second kappa shape index (κ2) is 9.49. The molecular weight excluding hydrogens is 457 g/mol. The van der Waals surface area contributed by atoms with Crippen molar-refractivity contribution in [3.8, 4) is 11.5 Å². The van der Waals surface area contributed by atoms with Gasteiger partial charge in [-0.15, -0.1) is 0 Å². The molecule has 13 heteroatoms. The van der Waals surface area contributed by atoms with Crippen LogP contribution in [0.3, 0.4) is 0 Å². The van der Waals surface area contributed by atoms with E-state index in [1.807, 2.05) is 0 Å². The summed E-state index contributed by atoms with van der Waals surface area (Å²) in [5.74, 6) is 0.0291. The minimum Gasteiger partial charge on any atom is -0.445 e. The van der Waals surface area contributed by atoms with Crippen molar-refractivity contribution in [1.29, 1.82) is 0 Å². The van der Waals surface area contributed by atoms with Gasteiger partial charge in [0, 0.05) is 17.3 Å². The monoisotopic (exact) mass is 478 g/mol. The van der Waals surface area contributed by atoms with E-state index in [4.69, 9.17) is 18.9 Å². The normalized spacial score (nSPS) is 22.9. The zero-order valence-corrected chi connectivity index (χ0v) is 17.9. The molecule has 4 rings (SSSR count). The van der Waals surface area contributed by atoms with Gasteiger partial charge in [0.2, 0.25) is 5.89 Å². The number of aromatic nitrogens is 2. The summed E-state index contributed by atoms with van der Waals surface area (Å²) in [5, 5.41) is 23.2. The van der Waals surface area contributed by atoms with E-state index in [9.17, 15) is 19.6 Å². The second-order valence-electron chi connectivity index (χ2n) is 7.24. The number of aliphatic hydroxyl groups excluding tert-OH is 2. The van der Waals surface area contributed by atoms with E-state index in [0.717, 1.165) is 5.56 Å². The molecule has 0 saturated carbocycles. The molecule has 3 heterocycles. The Hall–Kier alpha value is -2.96. The van der Waals surface area contributed by atoms with Crippen LogP contribution in [0.25, 0.3) is 11.5 Å². The van der Waals surface area contributed by atoms with Crippen LogP contribution in [0.4, 0.5) is 5.69 Å². The summed E-state index contributed by atoms with van der Waals surface area (Å²) >= 11 is 0. The van der Waals surface area contributed by atoms with Crippen molar-refractivity contribution in [2.75, 3.05) is 11.9 Å². The van der Waals surface area contributed by atoms with E-state index in [2.05, 4.69) is 14.8 Å². The molecule has 3 aromatic rings. The number of amides is 1. The minimum absolute atomic E-state index is 0.245. The van der Waals surface area contributed by atoms with Gasteiger partial charge in [0.15, 0.2) is 18.5 Å². The maximum atomic E-state index is 12.7. The highest BCUT2D eigenvalue weighted by molar-refractivity contribution is 7.46. The van der Waals surface area contributed by atoms with Gasteiger partial charge in [-0.1, -0.05) is 0 Å². The number of hydrogen-bond acceptors (Lipinski definition) is 8. The number of phosphoric ester groups is 1. The molecule has 5 N–H and O–H groups in total. The van der Waals surface area contributed by atoms with Gasteiger partial charge in [-0.3, -0.25) is 9.32 Å². The Morgan fingerprint density at radius 1 is 1.18 bits per heavy atom. The molecule has 0 aliphatic carbocycles. The lowest BCUT2D eigenvalue weighted by Gasteiger charge is -2.13. The van der Waals surface area contributed by atoms with Crippen LogP contribution in [0.2, 0.25) is 0 Å². The highest BCUT2D eigenvalue weighted by Crippen LogP contribution is 2.37. The number of hydrogen-bond donors (Lipinski definition) is 5. The molecule has 0 spiro atoms. The number of ether oxygens (including phenoxy) is 1. The first-order valence-electron chi connectivity index (χ1n) is 9.75. The van der Waals surface area contributed by atoms with E-state index in [0.29, 0.717) is 11.6 Å². The maximum Gasteiger partial charge on any atom is 0.469 e. The fraction of sp³-hybridized carbons (Fsp3) is 0.250. The van der Waals surface area contributed by atoms with Gasteiger partial charge >= 0.3 is 7.82 Å². The average molecular weight is 478 g/mol. The van der Waals surface area contributed by atoms with Crippen LogP contribution in [0.5, 0.6) is 0 Å². The Morgan fingerprint density at radius 2 is 1.94 bits per heavy atom. The Morgan fingerprint density at radius 3 is 2.61 bits per heavy atom. The third-order valence-corrected chi connectivity index (χ3v) is 5.43. The molecule has 0 unspecified atom stereocenters. The molecule has 0 bridgehead atoms. The molecule has 4 atom stereocenters. The topological polar surface area (TPSA) is 175 Å². The Labute approximate surface area is 187 Å². The summed E-state index contributed by atoms with van der Waals surface area (Å²) in [6.07, 6.45) is 0.801. The average Bonchev–Trinajstić information content (AvgIpc) is 3.42. The van der Waals surface area contributed by atoms with E-state index < -0.39 is 44.9 Å². The third-order valence-electron chi connectivity index (χ3n) is 4.94. The Bertz CT molecular complexity index is 1150. The molecule has 1 fully saturated rings. The lowest BCUT2D eigenvalue weighted by atomic mass is 10.1. The van der Waals surface area contributed by atoms with Crippen molar-refractivity contribution >= 4 is 19.4 Å². The molecule has 12 nitrogen and oxygen atoms in total. The van der Waals surface area contributed by atoms with Crippen LogP contribution in [-0.4, -0.2) is 55.8 Å². The number of carbonyl (C=O) groups excluding carboxylic acids is 1. The van der Waals surface area contributed by atoms with Gasteiger partial charge in [0.1, 0.15) is 24.0 Å². The van der Waals surface area contributed by atoms with Gasteiger partial charge in [0.25, 0.3) is 12.1 Å². The molecule has 1 aliphatic rings. The summed E-state index contributed by atoms with van der Waals surface area (Å²) in [5.41, 5.74) is 1.53. The number of oxazole rings is 1. The highest BCUT2D eigenvalue weighted by Gasteiger charge is 2.49. The molecule has 1 saturated heterocycles. The first-order chi connectivity index (χ1) is 15.7. The lowest BCUT2D eigenvalue weighted by molar-refractivity contribution is -0.765. The zero-order valence-electron chi connectivity index (χ0n) is 17.0. The van der Waals surface area contributed by atoms with Gasteiger partial charge < -0.3 is 34.5 Å². The van der Waals surface area contributed by atoms with E-state index in [-0.39, 0.29) is 5.56 Å². The minimum atomic E-state index is -4.77. The van der Waals surface area contributed by atoms with Crippen LogP contribution in [-0.2, 0) is 13.8 Å². The summed E-state index contributed by atoms with van der Waals surface area (Å²) < 4.78 is 27.4. The van der Waals surface area contributed by atoms with Crippen LogP contribution < -0.4 is 9.88 Å². The van der Waals surface area contributed by atoms with Crippen molar-refractivity contribution in [2.24, 2.45) is 0 Å². The Kier molecular flexibility index (Phi) is 6.68. The number of benzene rings is 1. The lowest BCUT2D eigenvalue weighted by Crippen LogP contribution is -2.46. The zero-order chi connectivity index (χ0) is 23.6. The quantitative estimate of drug-likeness (QED) is 0.239. The van der Waals surface area contributed by atoms with Crippen molar-refractivity contribution in [3.05, 3.63) is 66.8 Å². The standard InChI is InChI=1S/C20H20N3O9P/c24-16-15(11-31-33(27,28)29)32-20(17(16)25)23-8-1-2-13(10-23)18(26)22-14-5-3-12(4-6-14)19-21-7-9-30-19/h1-10,15-17,20,24-25H,11H2,(H2-,21,22,26,27,28,29)/p+1/t15-,16-,17-,20-/m1/s1. The predicted octanol–water partition coefficient (Wildman–Crippen LogP) is 0.610. The van der Waals surface area contributed by atoms with Crippen LogP contribution >= 0.6 is 7.82 Å². The summed E-state index contributed by atoms with van der Waals surface area (Å²) in [6, 6.07) is 10.00. The van der Waals surface area contributed by atoms with E-state index in [1.165, 1.54) is 29.4 Å². The number of aliphatic hydroxyl groups is 2. The van der Waals surface area contributed by atoms with Gasteiger partial charge in [-0.25, -0.2) is 9.55 Å².